The van der Waals surface area contributed by atoms with E-state index in [2.05, 4.69) is 9.80 Å². The average Bonchev–Trinajstić information content (AvgIpc) is 3.30. The van der Waals surface area contributed by atoms with Crippen LogP contribution in [0.5, 0.6) is 5.75 Å². The average molecular weight is 400 g/mol. The number of phenols is 1. The van der Waals surface area contributed by atoms with Gasteiger partial charge in [0.15, 0.2) is 0 Å². The van der Waals surface area contributed by atoms with Gasteiger partial charge in [0, 0.05) is 44.3 Å². The molecule has 4 rings (SSSR count). The number of aromatic hydroxyl groups is 1. The maximum absolute atomic E-state index is 12.8. The summed E-state index contributed by atoms with van der Waals surface area (Å²) in [7, 11) is 0. The Balaban J connectivity index is 1.27. The summed E-state index contributed by atoms with van der Waals surface area (Å²) < 4.78 is 0. The highest BCUT2D eigenvalue weighted by Crippen LogP contribution is 2.26. The molecule has 3 aliphatic heterocycles. The molecule has 1 N–H and O–H groups in total. The Morgan fingerprint density at radius 3 is 2.34 bits per heavy atom. The highest BCUT2D eigenvalue weighted by molar-refractivity contribution is 5.80. The van der Waals surface area contributed by atoms with Gasteiger partial charge in [-0.15, -0.1) is 0 Å². The molecular formula is C23H33N3O3. The Labute approximate surface area is 173 Å². The van der Waals surface area contributed by atoms with Crippen LogP contribution in [-0.4, -0.2) is 76.9 Å². The molecule has 1 atom stereocenters. The zero-order valence-corrected chi connectivity index (χ0v) is 17.3. The molecule has 0 aromatic heterocycles. The predicted octanol–water partition coefficient (Wildman–Crippen LogP) is 2.26. The standard InChI is InChI=1S/C23H33N3O3/c27-21-8-2-1-6-18(21)16-22(28)24-14-9-20(10-15-24)26-13-5-7-19(17-26)23(29)25-11-3-4-12-25/h1-2,6,8,19-20,27H,3-5,7,9-17H2. The lowest BCUT2D eigenvalue weighted by atomic mass is 9.92. The van der Waals surface area contributed by atoms with Crippen LogP contribution in [0, 0.1) is 5.92 Å². The first-order valence-electron chi connectivity index (χ1n) is 11.2. The van der Waals surface area contributed by atoms with Crippen molar-refractivity contribution in [2.75, 3.05) is 39.3 Å². The molecule has 3 fully saturated rings. The number of carbonyl (C=O) groups is 2. The molecule has 1 aromatic rings. The molecule has 1 aromatic carbocycles. The van der Waals surface area contributed by atoms with Crippen molar-refractivity contribution in [2.45, 2.75) is 51.0 Å². The van der Waals surface area contributed by atoms with Crippen molar-refractivity contribution in [3.05, 3.63) is 29.8 Å². The minimum atomic E-state index is 0.0886. The summed E-state index contributed by atoms with van der Waals surface area (Å²) in [5, 5.41) is 9.91. The fraction of sp³-hybridized carbons (Fsp3) is 0.652. The largest absolute Gasteiger partial charge is 0.508 e. The van der Waals surface area contributed by atoms with E-state index in [0.29, 0.717) is 17.5 Å². The van der Waals surface area contributed by atoms with Crippen molar-refractivity contribution in [3.63, 3.8) is 0 Å². The van der Waals surface area contributed by atoms with Crippen molar-refractivity contribution in [1.29, 1.82) is 0 Å². The number of likely N-dealkylation sites (tertiary alicyclic amines) is 3. The summed E-state index contributed by atoms with van der Waals surface area (Å²) in [4.78, 5) is 31.9. The molecule has 2 amide bonds. The van der Waals surface area contributed by atoms with Gasteiger partial charge in [-0.3, -0.25) is 14.5 Å². The molecule has 3 heterocycles. The molecule has 158 valence electrons. The van der Waals surface area contributed by atoms with E-state index in [1.807, 2.05) is 17.0 Å². The zero-order valence-electron chi connectivity index (χ0n) is 17.3. The third-order valence-corrected chi connectivity index (χ3v) is 6.89. The molecular weight excluding hydrogens is 366 g/mol. The van der Waals surface area contributed by atoms with Gasteiger partial charge in [0.05, 0.1) is 12.3 Å². The van der Waals surface area contributed by atoms with Gasteiger partial charge in [0.1, 0.15) is 5.75 Å². The van der Waals surface area contributed by atoms with Crippen molar-refractivity contribution >= 4 is 11.8 Å². The molecule has 0 bridgehead atoms. The second kappa shape index (κ2) is 9.16. The number of phenolic OH excluding ortho intramolecular Hbond substituents is 1. The van der Waals surface area contributed by atoms with E-state index in [1.165, 1.54) is 0 Å². The van der Waals surface area contributed by atoms with Crippen LogP contribution in [0.4, 0.5) is 0 Å². The topological polar surface area (TPSA) is 64.1 Å². The molecule has 0 radical (unpaired) electrons. The quantitative estimate of drug-likeness (QED) is 0.844. The molecule has 29 heavy (non-hydrogen) atoms. The Kier molecular flexibility index (Phi) is 6.38. The minimum Gasteiger partial charge on any atom is -0.508 e. The number of rotatable bonds is 4. The summed E-state index contributed by atoms with van der Waals surface area (Å²) in [6, 6.07) is 7.54. The number of nitrogens with zero attached hydrogens (tertiary/aromatic N) is 3. The molecule has 0 spiro atoms. The molecule has 0 saturated carbocycles. The Bertz CT molecular complexity index is 724. The van der Waals surface area contributed by atoms with E-state index in [9.17, 15) is 14.7 Å². The van der Waals surface area contributed by atoms with Crippen LogP contribution >= 0.6 is 0 Å². The van der Waals surface area contributed by atoms with Crippen LogP contribution in [0.15, 0.2) is 24.3 Å². The van der Waals surface area contributed by atoms with Crippen LogP contribution in [0.1, 0.15) is 44.1 Å². The van der Waals surface area contributed by atoms with Crippen LogP contribution in [0.3, 0.4) is 0 Å². The second-order valence-electron chi connectivity index (χ2n) is 8.78. The monoisotopic (exact) mass is 399 g/mol. The first-order valence-corrected chi connectivity index (χ1v) is 11.2. The highest BCUT2D eigenvalue weighted by Gasteiger charge is 2.34. The number of hydrogen-bond donors (Lipinski definition) is 1. The lowest BCUT2D eigenvalue weighted by Crippen LogP contribution is -2.52. The minimum absolute atomic E-state index is 0.0886. The Morgan fingerprint density at radius 2 is 1.62 bits per heavy atom. The van der Waals surface area contributed by atoms with Gasteiger partial charge in [0.25, 0.3) is 0 Å². The van der Waals surface area contributed by atoms with Gasteiger partial charge in [-0.2, -0.15) is 0 Å². The summed E-state index contributed by atoms with van der Waals surface area (Å²) in [6.07, 6.45) is 6.60. The van der Waals surface area contributed by atoms with Gasteiger partial charge >= 0.3 is 0 Å². The van der Waals surface area contributed by atoms with Crippen LogP contribution < -0.4 is 0 Å². The smallest absolute Gasteiger partial charge is 0.227 e. The lowest BCUT2D eigenvalue weighted by molar-refractivity contribution is -0.136. The third kappa shape index (κ3) is 4.74. The maximum atomic E-state index is 12.8. The number of piperidine rings is 2. The van der Waals surface area contributed by atoms with Gasteiger partial charge < -0.3 is 14.9 Å². The van der Waals surface area contributed by atoms with Crippen molar-refractivity contribution < 1.29 is 14.7 Å². The van der Waals surface area contributed by atoms with Crippen LogP contribution in [0.2, 0.25) is 0 Å². The van der Waals surface area contributed by atoms with E-state index in [-0.39, 0.29) is 24.0 Å². The van der Waals surface area contributed by atoms with Crippen LogP contribution in [-0.2, 0) is 16.0 Å². The summed E-state index contributed by atoms with van der Waals surface area (Å²) >= 11 is 0. The van der Waals surface area contributed by atoms with E-state index < -0.39 is 0 Å². The van der Waals surface area contributed by atoms with E-state index in [4.69, 9.17) is 0 Å². The maximum Gasteiger partial charge on any atom is 0.227 e. The molecule has 6 nitrogen and oxygen atoms in total. The highest BCUT2D eigenvalue weighted by atomic mass is 16.3. The lowest BCUT2D eigenvalue weighted by Gasteiger charge is -2.42. The second-order valence-corrected chi connectivity index (χ2v) is 8.78. The SMILES string of the molecule is O=C(Cc1ccccc1O)N1CCC(N2CCCC(C(=O)N3CCCC3)C2)CC1. The van der Waals surface area contributed by atoms with E-state index in [0.717, 1.165) is 77.8 Å². The van der Waals surface area contributed by atoms with Crippen molar-refractivity contribution in [2.24, 2.45) is 5.92 Å². The third-order valence-electron chi connectivity index (χ3n) is 6.89. The van der Waals surface area contributed by atoms with Crippen molar-refractivity contribution in [1.82, 2.24) is 14.7 Å². The van der Waals surface area contributed by atoms with Crippen LogP contribution in [0.25, 0.3) is 0 Å². The first kappa shape index (κ1) is 20.2. The summed E-state index contributed by atoms with van der Waals surface area (Å²) in [6.45, 7) is 5.35. The summed E-state index contributed by atoms with van der Waals surface area (Å²) in [5.74, 6) is 0.800. The fourth-order valence-corrected chi connectivity index (χ4v) is 5.15. The summed E-state index contributed by atoms with van der Waals surface area (Å²) in [5.41, 5.74) is 0.693. The molecule has 3 saturated heterocycles. The number of amides is 2. The Hall–Kier alpha value is -2.08. The van der Waals surface area contributed by atoms with E-state index >= 15 is 0 Å². The Morgan fingerprint density at radius 1 is 0.897 bits per heavy atom. The van der Waals surface area contributed by atoms with Gasteiger partial charge in [-0.1, -0.05) is 18.2 Å². The fourth-order valence-electron chi connectivity index (χ4n) is 5.15. The van der Waals surface area contributed by atoms with Gasteiger partial charge in [-0.05, 0) is 51.1 Å². The number of para-hydroxylation sites is 1. The van der Waals surface area contributed by atoms with E-state index in [1.54, 1.807) is 12.1 Å². The normalized spacial score (nSPS) is 24.1. The number of carbonyl (C=O) groups excluding carboxylic acids is 2. The first-order chi connectivity index (χ1) is 14.1. The van der Waals surface area contributed by atoms with Crippen molar-refractivity contribution in [3.8, 4) is 5.75 Å². The number of benzene rings is 1. The molecule has 1 unspecified atom stereocenters. The number of hydrogen-bond acceptors (Lipinski definition) is 4. The molecule has 0 aliphatic carbocycles. The zero-order chi connectivity index (χ0) is 20.2. The van der Waals surface area contributed by atoms with Gasteiger partial charge in [0.2, 0.25) is 11.8 Å². The van der Waals surface area contributed by atoms with Gasteiger partial charge in [-0.25, -0.2) is 0 Å². The predicted molar refractivity (Wildman–Crippen MR) is 112 cm³/mol. The molecule has 3 aliphatic rings. The molecule has 6 heteroatoms.